The van der Waals surface area contributed by atoms with E-state index in [1.165, 1.54) is 0 Å². The summed E-state index contributed by atoms with van der Waals surface area (Å²) in [7, 11) is -4.11. The van der Waals surface area contributed by atoms with Crippen LogP contribution in [0.15, 0.2) is 29.2 Å². The normalized spacial score (nSPS) is 15.1. The topological polar surface area (TPSA) is 88.6 Å². The molecule has 2 aromatic rings. The van der Waals surface area contributed by atoms with Crippen LogP contribution >= 0.6 is 11.3 Å². The highest BCUT2D eigenvalue weighted by Gasteiger charge is 2.34. The summed E-state index contributed by atoms with van der Waals surface area (Å²) in [4.78, 5) is 15.9. The van der Waals surface area contributed by atoms with E-state index < -0.39 is 32.8 Å². The third-order valence-corrected chi connectivity index (χ3v) is 6.82. The highest BCUT2D eigenvalue weighted by atomic mass is 32.2. The largest absolute Gasteiger partial charge is 0.450 e. The molecule has 0 saturated heterocycles. The number of rotatable bonds is 4. The van der Waals surface area contributed by atoms with Crippen molar-refractivity contribution < 1.29 is 31.1 Å². The Labute approximate surface area is 163 Å². The number of nitrogens with zero attached hydrogens (tertiary/aromatic N) is 2. The number of halogens is 3. The SMILES string of the molecule is CCOC(=O)Nc1nc2c(s1)CN(S(=O)(=O)c1cccc(C(F)(F)F)c1)CC2. The molecular weight excluding hydrogens is 419 g/mol. The maximum absolute atomic E-state index is 12.9. The van der Waals surface area contributed by atoms with E-state index in [0.717, 1.165) is 33.8 Å². The molecule has 0 spiro atoms. The molecule has 1 aromatic heterocycles. The summed E-state index contributed by atoms with van der Waals surface area (Å²) in [5.41, 5.74) is -0.378. The van der Waals surface area contributed by atoms with E-state index in [1.807, 2.05) is 0 Å². The average molecular weight is 435 g/mol. The number of benzene rings is 1. The Kier molecular flexibility index (Phi) is 5.64. The molecule has 3 rings (SSSR count). The van der Waals surface area contributed by atoms with E-state index in [2.05, 4.69) is 10.3 Å². The molecule has 0 radical (unpaired) electrons. The highest BCUT2D eigenvalue weighted by Crippen LogP contribution is 2.34. The van der Waals surface area contributed by atoms with Gasteiger partial charge in [-0.3, -0.25) is 5.32 Å². The standard InChI is InChI=1S/C16H16F3N3O4S2/c1-2-26-15(23)21-14-20-12-6-7-22(9-13(12)27-14)28(24,25)11-5-3-4-10(8-11)16(17,18)19/h3-5,8H,2,6-7,9H2,1H3,(H,20,21,23). The number of thiazole rings is 1. The number of carbonyl (C=O) groups is 1. The summed E-state index contributed by atoms with van der Waals surface area (Å²) in [6.07, 6.45) is -5.01. The Morgan fingerprint density at radius 1 is 1.39 bits per heavy atom. The number of anilines is 1. The van der Waals surface area contributed by atoms with Crippen LogP contribution in [0.1, 0.15) is 23.1 Å². The Morgan fingerprint density at radius 3 is 2.82 bits per heavy atom. The fourth-order valence-corrected chi connectivity index (χ4v) is 5.21. The van der Waals surface area contributed by atoms with Crippen molar-refractivity contribution in [1.29, 1.82) is 0 Å². The number of hydrogen-bond acceptors (Lipinski definition) is 6. The van der Waals surface area contributed by atoms with Crippen LogP contribution in [0.4, 0.5) is 23.1 Å². The molecule has 152 valence electrons. The molecule has 1 amide bonds. The van der Waals surface area contributed by atoms with Gasteiger partial charge in [-0.2, -0.15) is 17.5 Å². The van der Waals surface area contributed by atoms with Gasteiger partial charge in [0.15, 0.2) is 5.13 Å². The molecule has 12 heteroatoms. The number of nitrogens with one attached hydrogen (secondary N) is 1. The fourth-order valence-electron chi connectivity index (χ4n) is 2.67. The van der Waals surface area contributed by atoms with Crippen LogP contribution in [-0.2, 0) is 33.9 Å². The first-order valence-electron chi connectivity index (χ1n) is 8.21. The van der Waals surface area contributed by atoms with Crippen LogP contribution < -0.4 is 5.32 Å². The molecule has 1 N–H and O–H groups in total. The summed E-state index contributed by atoms with van der Waals surface area (Å²) in [5, 5.41) is 2.74. The second kappa shape index (κ2) is 7.68. The smallest absolute Gasteiger partial charge is 0.416 e. The van der Waals surface area contributed by atoms with E-state index in [4.69, 9.17) is 4.74 Å². The van der Waals surface area contributed by atoms with Gasteiger partial charge in [0.2, 0.25) is 10.0 Å². The summed E-state index contributed by atoms with van der Waals surface area (Å²) >= 11 is 1.10. The van der Waals surface area contributed by atoms with Crippen molar-refractivity contribution in [2.24, 2.45) is 0 Å². The van der Waals surface area contributed by atoms with Crippen molar-refractivity contribution in [3.63, 3.8) is 0 Å². The molecule has 1 aliphatic rings. The van der Waals surface area contributed by atoms with E-state index in [9.17, 15) is 26.4 Å². The molecule has 0 unspecified atom stereocenters. The molecule has 0 fully saturated rings. The van der Waals surface area contributed by atoms with Gasteiger partial charge in [0, 0.05) is 17.8 Å². The van der Waals surface area contributed by atoms with Gasteiger partial charge in [0.05, 0.1) is 29.3 Å². The van der Waals surface area contributed by atoms with Crippen LogP contribution in [0.25, 0.3) is 0 Å². The van der Waals surface area contributed by atoms with Crippen LogP contribution in [0.2, 0.25) is 0 Å². The average Bonchev–Trinajstić information content (AvgIpc) is 3.02. The quantitative estimate of drug-likeness (QED) is 0.795. The van der Waals surface area contributed by atoms with Gasteiger partial charge < -0.3 is 4.74 Å². The fraction of sp³-hybridized carbons (Fsp3) is 0.375. The number of carbonyl (C=O) groups excluding carboxylic acids is 1. The molecule has 0 bridgehead atoms. The first kappa shape index (κ1) is 20.6. The van der Waals surface area contributed by atoms with Crippen LogP contribution in [-0.4, -0.2) is 37.0 Å². The van der Waals surface area contributed by atoms with Crippen LogP contribution in [0.5, 0.6) is 0 Å². The van der Waals surface area contributed by atoms with E-state index >= 15 is 0 Å². The Morgan fingerprint density at radius 2 is 2.14 bits per heavy atom. The molecule has 0 saturated carbocycles. The lowest BCUT2D eigenvalue weighted by molar-refractivity contribution is -0.137. The predicted octanol–water partition coefficient (Wildman–Crippen LogP) is 3.48. The third-order valence-electron chi connectivity index (χ3n) is 3.98. The Bertz CT molecular complexity index is 989. The third kappa shape index (κ3) is 4.28. The molecular formula is C16H16F3N3O4S2. The zero-order chi connectivity index (χ0) is 20.5. The summed E-state index contributed by atoms with van der Waals surface area (Å²) in [6.45, 7) is 1.90. The van der Waals surface area contributed by atoms with Crippen molar-refractivity contribution in [2.75, 3.05) is 18.5 Å². The number of fused-ring (bicyclic) bond motifs is 1. The summed E-state index contributed by atoms with van der Waals surface area (Å²) in [6, 6.07) is 3.66. The highest BCUT2D eigenvalue weighted by molar-refractivity contribution is 7.89. The first-order valence-corrected chi connectivity index (χ1v) is 10.5. The number of sulfonamides is 1. The van der Waals surface area contributed by atoms with Crippen molar-refractivity contribution in [1.82, 2.24) is 9.29 Å². The van der Waals surface area contributed by atoms with Gasteiger partial charge in [-0.25, -0.2) is 18.2 Å². The second-order valence-corrected chi connectivity index (χ2v) is 8.87. The van der Waals surface area contributed by atoms with Crippen LogP contribution in [0, 0.1) is 0 Å². The Balaban J connectivity index is 1.81. The van der Waals surface area contributed by atoms with Gasteiger partial charge in [0.25, 0.3) is 0 Å². The number of amides is 1. The maximum atomic E-state index is 12.9. The van der Waals surface area contributed by atoms with Crippen molar-refractivity contribution in [2.45, 2.75) is 31.0 Å². The Hall–Kier alpha value is -2.18. The van der Waals surface area contributed by atoms with E-state index in [-0.39, 0.29) is 31.2 Å². The van der Waals surface area contributed by atoms with Crippen LogP contribution in [0.3, 0.4) is 0 Å². The molecule has 2 heterocycles. The molecule has 1 aromatic carbocycles. The zero-order valence-corrected chi connectivity index (χ0v) is 16.2. The molecule has 1 aliphatic heterocycles. The first-order chi connectivity index (χ1) is 13.1. The summed E-state index contributed by atoms with van der Waals surface area (Å²) in [5.74, 6) is 0. The summed E-state index contributed by atoms with van der Waals surface area (Å²) < 4.78 is 70.2. The van der Waals surface area contributed by atoms with Crippen molar-refractivity contribution in [3.05, 3.63) is 40.4 Å². The second-order valence-electron chi connectivity index (χ2n) is 5.85. The predicted molar refractivity (Wildman–Crippen MR) is 95.5 cm³/mol. The van der Waals surface area contributed by atoms with Gasteiger partial charge in [-0.05, 0) is 25.1 Å². The van der Waals surface area contributed by atoms with Crippen molar-refractivity contribution >= 4 is 32.6 Å². The van der Waals surface area contributed by atoms with Crippen molar-refractivity contribution in [3.8, 4) is 0 Å². The van der Waals surface area contributed by atoms with Gasteiger partial charge in [-0.1, -0.05) is 17.4 Å². The molecule has 28 heavy (non-hydrogen) atoms. The van der Waals surface area contributed by atoms with Gasteiger partial charge in [0.1, 0.15) is 0 Å². The van der Waals surface area contributed by atoms with E-state index in [1.54, 1.807) is 6.92 Å². The lowest BCUT2D eigenvalue weighted by Crippen LogP contribution is -2.35. The lowest BCUT2D eigenvalue weighted by atomic mass is 10.2. The minimum atomic E-state index is -4.63. The van der Waals surface area contributed by atoms with Gasteiger partial charge >= 0.3 is 12.3 Å². The minimum absolute atomic E-state index is 0.0317. The zero-order valence-electron chi connectivity index (χ0n) is 14.6. The number of hydrogen-bond donors (Lipinski definition) is 1. The number of alkyl halides is 3. The van der Waals surface area contributed by atoms with E-state index in [0.29, 0.717) is 16.6 Å². The number of ether oxygens (including phenoxy) is 1. The maximum Gasteiger partial charge on any atom is 0.416 e. The van der Waals surface area contributed by atoms with Gasteiger partial charge in [-0.15, -0.1) is 0 Å². The molecule has 0 aliphatic carbocycles. The monoisotopic (exact) mass is 435 g/mol. The number of aromatic nitrogens is 1. The molecule has 7 nitrogen and oxygen atoms in total. The molecule has 0 atom stereocenters. The minimum Gasteiger partial charge on any atom is -0.450 e. The lowest BCUT2D eigenvalue weighted by Gasteiger charge is -2.25.